The Bertz CT molecular complexity index is 722. The Kier molecular flexibility index (Phi) is 4.78. The van der Waals surface area contributed by atoms with E-state index in [0.717, 1.165) is 28.6 Å². The maximum atomic E-state index is 12.7. The molecule has 2 aromatic rings. The molecule has 2 heterocycles. The maximum absolute atomic E-state index is 12.7. The summed E-state index contributed by atoms with van der Waals surface area (Å²) in [6, 6.07) is 6.18. The first-order valence-electron chi connectivity index (χ1n) is 8.23. The van der Waals surface area contributed by atoms with E-state index in [1.165, 1.54) is 0 Å². The molecule has 1 saturated heterocycles. The minimum Gasteiger partial charge on any atom is -0.444 e. The van der Waals surface area contributed by atoms with Crippen LogP contribution in [0.2, 0.25) is 0 Å². The molecule has 1 aliphatic heterocycles. The van der Waals surface area contributed by atoms with E-state index >= 15 is 0 Å². The minimum atomic E-state index is -0.501. The number of likely N-dealkylation sites (tertiary alicyclic amines) is 1. The van der Waals surface area contributed by atoms with Crippen molar-refractivity contribution in [3.8, 4) is 0 Å². The van der Waals surface area contributed by atoms with Crippen molar-refractivity contribution in [3.63, 3.8) is 0 Å². The molecular weight excluding hydrogens is 324 g/mol. The number of aromatic nitrogens is 1. The predicted molar refractivity (Wildman–Crippen MR) is 95.3 cm³/mol. The Balaban J connectivity index is 1.90. The number of hydrogen-bond donors (Lipinski definition) is 0. The quantitative estimate of drug-likeness (QED) is 0.808. The smallest absolute Gasteiger partial charge is 0.410 e. The zero-order chi connectivity index (χ0) is 17.3. The number of fused-ring (bicyclic) bond motifs is 1. The first-order chi connectivity index (χ1) is 11.4. The number of carbonyl (C=O) groups is 1. The lowest BCUT2D eigenvalue weighted by molar-refractivity contribution is -0.0186. The third kappa shape index (κ3) is 3.70. The predicted octanol–water partition coefficient (Wildman–Crippen LogP) is 4.38. The molecule has 0 saturated carbocycles. The molecule has 1 fully saturated rings. The average Bonchev–Trinajstić information content (AvgIpc) is 3.00. The van der Waals surface area contributed by atoms with Crippen LogP contribution in [0.25, 0.3) is 10.2 Å². The van der Waals surface area contributed by atoms with Crippen LogP contribution < -0.4 is 0 Å². The van der Waals surface area contributed by atoms with Crippen molar-refractivity contribution < 1.29 is 14.3 Å². The van der Waals surface area contributed by atoms with Crippen LogP contribution in [0.4, 0.5) is 4.79 Å². The van der Waals surface area contributed by atoms with Gasteiger partial charge in [-0.1, -0.05) is 6.07 Å². The van der Waals surface area contributed by atoms with E-state index in [1.54, 1.807) is 18.4 Å². The fourth-order valence-electron chi connectivity index (χ4n) is 3.08. The fourth-order valence-corrected chi connectivity index (χ4v) is 3.74. The van der Waals surface area contributed by atoms with Crippen LogP contribution in [0.5, 0.6) is 0 Å². The van der Waals surface area contributed by atoms with Crippen LogP contribution in [0, 0.1) is 0 Å². The first-order valence-corrected chi connectivity index (χ1v) is 9.11. The van der Waals surface area contributed by atoms with Crippen molar-refractivity contribution >= 4 is 27.6 Å². The van der Waals surface area contributed by atoms with Crippen molar-refractivity contribution in [1.29, 1.82) is 0 Å². The van der Waals surface area contributed by atoms with Gasteiger partial charge in [0.25, 0.3) is 0 Å². The molecule has 0 bridgehead atoms. The number of rotatable bonds is 2. The van der Waals surface area contributed by atoms with Crippen LogP contribution in [0.1, 0.15) is 45.2 Å². The SMILES string of the molecule is COC1CCN(C(=O)OC(C)(C)C)[C@H](c2ccc3scnc3c2)C1. The Morgan fingerprint density at radius 2 is 2.17 bits per heavy atom. The van der Waals surface area contributed by atoms with Gasteiger partial charge in [-0.05, 0) is 51.3 Å². The highest BCUT2D eigenvalue weighted by molar-refractivity contribution is 7.16. The van der Waals surface area contributed by atoms with Crippen molar-refractivity contribution in [2.75, 3.05) is 13.7 Å². The second-order valence-electron chi connectivity index (χ2n) is 7.15. The van der Waals surface area contributed by atoms with E-state index in [9.17, 15) is 4.79 Å². The highest BCUT2D eigenvalue weighted by atomic mass is 32.1. The molecule has 24 heavy (non-hydrogen) atoms. The Hall–Kier alpha value is -1.66. The molecule has 130 valence electrons. The standard InChI is InChI=1S/C18H24N2O3S/c1-18(2,3)23-17(21)20-8-7-13(22-4)10-15(20)12-5-6-16-14(9-12)19-11-24-16/h5-6,9,11,13,15H,7-8,10H2,1-4H3/t13?,15-/m0/s1. The van der Waals surface area contributed by atoms with Crippen LogP contribution >= 0.6 is 11.3 Å². The second-order valence-corrected chi connectivity index (χ2v) is 8.04. The van der Waals surface area contributed by atoms with Crippen molar-refractivity contribution in [1.82, 2.24) is 9.88 Å². The number of hydrogen-bond acceptors (Lipinski definition) is 5. The second kappa shape index (κ2) is 6.69. The molecule has 6 heteroatoms. The molecule has 0 spiro atoms. The van der Waals surface area contributed by atoms with Crippen LogP contribution in [0.15, 0.2) is 23.7 Å². The summed E-state index contributed by atoms with van der Waals surface area (Å²) in [5.74, 6) is 0. The summed E-state index contributed by atoms with van der Waals surface area (Å²) >= 11 is 1.62. The van der Waals surface area contributed by atoms with Crippen molar-refractivity contribution in [2.45, 2.75) is 51.4 Å². The molecule has 0 aliphatic carbocycles. The number of piperidine rings is 1. The number of methoxy groups -OCH3 is 1. The van der Waals surface area contributed by atoms with Gasteiger partial charge in [-0.15, -0.1) is 11.3 Å². The van der Waals surface area contributed by atoms with Gasteiger partial charge in [0, 0.05) is 13.7 Å². The van der Waals surface area contributed by atoms with E-state index in [4.69, 9.17) is 9.47 Å². The Labute approximate surface area is 146 Å². The number of thiazole rings is 1. The molecule has 3 rings (SSSR count). The van der Waals surface area contributed by atoms with Gasteiger partial charge in [0.15, 0.2) is 0 Å². The molecule has 0 N–H and O–H groups in total. The molecule has 1 aromatic heterocycles. The van der Waals surface area contributed by atoms with Gasteiger partial charge in [-0.3, -0.25) is 0 Å². The number of ether oxygens (including phenoxy) is 2. The van der Waals surface area contributed by atoms with Crippen LogP contribution in [-0.2, 0) is 9.47 Å². The summed E-state index contributed by atoms with van der Waals surface area (Å²) in [4.78, 5) is 18.9. The third-order valence-corrected chi connectivity index (χ3v) is 5.06. The Morgan fingerprint density at radius 3 is 2.88 bits per heavy atom. The van der Waals surface area contributed by atoms with Crippen molar-refractivity contribution in [2.24, 2.45) is 0 Å². The zero-order valence-corrected chi connectivity index (χ0v) is 15.4. The van der Waals surface area contributed by atoms with E-state index in [0.29, 0.717) is 6.54 Å². The molecule has 0 radical (unpaired) electrons. The summed E-state index contributed by atoms with van der Waals surface area (Å²) in [6.45, 7) is 6.31. The van der Waals surface area contributed by atoms with Crippen molar-refractivity contribution in [3.05, 3.63) is 29.3 Å². The topological polar surface area (TPSA) is 51.7 Å². The molecule has 5 nitrogen and oxygen atoms in total. The van der Waals surface area contributed by atoms with Crippen LogP contribution in [0.3, 0.4) is 0 Å². The zero-order valence-electron chi connectivity index (χ0n) is 14.6. The molecule has 1 aromatic carbocycles. The molecule has 1 amide bonds. The monoisotopic (exact) mass is 348 g/mol. The summed E-state index contributed by atoms with van der Waals surface area (Å²) in [7, 11) is 1.73. The van der Waals surface area contributed by atoms with Gasteiger partial charge in [0.1, 0.15) is 5.60 Å². The summed E-state index contributed by atoms with van der Waals surface area (Å²) in [5, 5.41) is 0. The first kappa shape index (κ1) is 17.2. The summed E-state index contributed by atoms with van der Waals surface area (Å²) < 4.78 is 12.3. The van der Waals surface area contributed by atoms with E-state index in [-0.39, 0.29) is 18.2 Å². The molecule has 1 unspecified atom stereocenters. The summed E-state index contributed by atoms with van der Waals surface area (Å²) in [5.41, 5.74) is 3.40. The highest BCUT2D eigenvalue weighted by Crippen LogP contribution is 2.35. The number of benzene rings is 1. The third-order valence-electron chi connectivity index (χ3n) is 4.25. The lowest BCUT2D eigenvalue weighted by atomic mass is 9.93. The molecule has 2 atom stereocenters. The van der Waals surface area contributed by atoms with E-state index in [1.807, 2.05) is 31.2 Å². The molecule has 1 aliphatic rings. The normalized spacial score (nSPS) is 21.9. The highest BCUT2D eigenvalue weighted by Gasteiger charge is 2.35. The summed E-state index contributed by atoms with van der Waals surface area (Å²) in [6.07, 6.45) is 1.48. The van der Waals surface area contributed by atoms with Gasteiger partial charge in [0.2, 0.25) is 0 Å². The van der Waals surface area contributed by atoms with E-state index < -0.39 is 5.60 Å². The largest absolute Gasteiger partial charge is 0.444 e. The fraction of sp³-hybridized carbons (Fsp3) is 0.556. The number of nitrogens with zero attached hydrogens (tertiary/aromatic N) is 2. The maximum Gasteiger partial charge on any atom is 0.410 e. The minimum absolute atomic E-state index is 0.0513. The lowest BCUT2D eigenvalue weighted by Crippen LogP contribution is -2.45. The van der Waals surface area contributed by atoms with Gasteiger partial charge in [-0.25, -0.2) is 9.78 Å². The van der Waals surface area contributed by atoms with Gasteiger partial charge in [-0.2, -0.15) is 0 Å². The number of carbonyl (C=O) groups excluding carboxylic acids is 1. The lowest BCUT2D eigenvalue weighted by Gasteiger charge is -2.39. The van der Waals surface area contributed by atoms with Gasteiger partial charge in [0.05, 0.1) is 27.9 Å². The van der Waals surface area contributed by atoms with E-state index in [2.05, 4.69) is 23.2 Å². The average molecular weight is 348 g/mol. The van der Waals surface area contributed by atoms with Gasteiger partial charge >= 0.3 is 6.09 Å². The van der Waals surface area contributed by atoms with Gasteiger partial charge < -0.3 is 14.4 Å². The molecular formula is C18H24N2O3S. The Morgan fingerprint density at radius 1 is 1.38 bits per heavy atom. The number of amides is 1. The van der Waals surface area contributed by atoms with Crippen LogP contribution in [-0.4, -0.2) is 41.3 Å².